The smallest absolute Gasteiger partial charge is 0.253 e. The Morgan fingerprint density at radius 3 is 2.35 bits per heavy atom. The van der Waals surface area contributed by atoms with Crippen LogP contribution in [0.2, 0.25) is 0 Å². The monoisotopic (exact) mass is 360 g/mol. The van der Waals surface area contributed by atoms with E-state index in [4.69, 9.17) is 9.47 Å². The van der Waals surface area contributed by atoms with E-state index in [1.807, 2.05) is 29.2 Å². The van der Waals surface area contributed by atoms with E-state index in [1.54, 1.807) is 7.11 Å². The molecule has 2 aliphatic rings. The predicted octanol–water partition coefficient (Wildman–Crippen LogP) is 3.19. The van der Waals surface area contributed by atoms with Gasteiger partial charge in [-0.3, -0.25) is 9.69 Å². The first-order valence-corrected chi connectivity index (χ1v) is 9.96. The molecule has 1 amide bonds. The van der Waals surface area contributed by atoms with Crippen molar-refractivity contribution in [1.29, 1.82) is 0 Å². The number of piperidine rings is 2. The molecular weight excluding hydrogens is 328 g/mol. The highest BCUT2D eigenvalue weighted by Crippen LogP contribution is 2.22. The second-order valence-electron chi connectivity index (χ2n) is 7.53. The van der Waals surface area contributed by atoms with Gasteiger partial charge in [0.25, 0.3) is 5.91 Å². The van der Waals surface area contributed by atoms with Crippen LogP contribution in [0.5, 0.6) is 5.75 Å². The summed E-state index contributed by atoms with van der Waals surface area (Å²) in [6.45, 7) is 6.84. The second-order valence-corrected chi connectivity index (χ2v) is 7.53. The molecule has 0 N–H and O–H groups in total. The predicted molar refractivity (Wildman–Crippen MR) is 103 cm³/mol. The van der Waals surface area contributed by atoms with Crippen LogP contribution in [-0.2, 0) is 4.74 Å². The van der Waals surface area contributed by atoms with E-state index in [9.17, 15) is 4.79 Å². The van der Waals surface area contributed by atoms with Crippen molar-refractivity contribution in [3.63, 3.8) is 0 Å². The van der Waals surface area contributed by atoms with Crippen molar-refractivity contribution in [2.45, 2.75) is 51.2 Å². The minimum Gasteiger partial charge on any atom is -0.490 e. The molecule has 0 aromatic heterocycles. The van der Waals surface area contributed by atoms with Gasteiger partial charge in [0, 0.05) is 44.9 Å². The van der Waals surface area contributed by atoms with Gasteiger partial charge in [-0.05, 0) is 63.3 Å². The van der Waals surface area contributed by atoms with Gasteiger partial charge in [-0.2, -0.15) is 0 Å². The molecule has 5 nitrogen and oxygen atoms in total. The number of likely N-dealkylation sites (tertiary alicyclic amines) is 2. The van der Waals surface area contributed by atoms with E-state index in [0.29, 0.717) is 6.04 Å². The SMILES string of the molecule is COCC(C)N1CCC(Oc2ccc(C(=O)N3CCCCC3)cc2)CC1. The van der Waals surface area contributed by atoms with Crippen LogP contribution in [0.3, 0.4) is 0 Å². The van der Waals surface area contributed by atoms with Crippen LogP contribution >= 0.6 is 0 Å². The van der Waals surface area contributed by atoms with Crippen LogP contribution in [0.25, 0.3) is 0 Å². The topological polar surface area (TPSA) is 42.0 Å². The Kier molecular flexibility index (Phi) is 6.92. The fourth-order valence-electron chi connectivity index (χ4n) is 3.93. The quantitative estimate of drug-likeness (QED) is 0.781. The number of rotatable bonds is 6. The first-order valence-electron chi connectivity index (χ1n) is 9.96. The van der Waals surface area contributed by atoms with E-state index in [1.165, 1.54) is 6.42 Å². The first kappa shape index (κ1) is 19.2. The summed E-state index contributed by atoms with van der Waals surface area (Å²) in [6, 6.07) is 8.15. The van der Waals surface area contributed by atoms with Crippen LogP contribution in [0.1, 0.15) is 49.4 Å². The zero-order chi connectivity index (χ0) is 18.4. The van der Waals surface area contributed by atoms with Gasteiger partial charge in [0.05, 0.1) is 6.61 Å². The summed E-state index contributed by atoms with van der Waals surface area (Å²) in [5.41, 5.74) is 0.766. The Hall–Kier alpha value is -1.59. The highest BCUT2D eigenvalue weighted by molar-refractivity contribution is 5.94. The largest absolute Gasteiger partial charge is 0.490 e. The maximum Gasteiger partial charge on any atom is 0.253 e. The third kappa shape index (κ3) is 4.98. The normalized spacial score (nSPS) is 20.8. The van der Waals surface area contributed by atoms with Gasteiger partial charge in [0.15, 0.2) is 0 Å². The fourth-order valence-corrected chi connectivity index (χ4v) is 3.93. The molecule has 3 rings (SSSR count). The number of methoxy groups -OCH3 is 1. The van der Waals surface area contributed by atoms with Crippen LogP contribution in [0.15, 0.2) is 24.3 Å². The van der Waals surface area contributed by atoms with Gasteiger partial charge in [0.2, 0.25) is 0 Å². The van der Waals surface area contributed by atoms with Crippen molar-refractivity contribution >= 4 is 5.91 Å². The van der Waals surface area contributed by atoms with E-state index in [0.717, 1.165) is 69.8 Å². The second kappa shape index (κ2) is 9.38. The van der Waals surface area contributed by atoms with Crippen molar-refractivity contribution in [3.05, 3.63) is 29.8 Å². The van der Waals surface area contributed by atoms with Crippen LogP contribution in [0, 0.1) is 0 Å². The molecule has 2 aliphatic heterocycles. The molecule has 144 valence electrons. The molecule has 2 saturated heterocycles. The number of hydrogen-bond donors (Lipinski definition) is 0. The minimum absolute atomic E-state index is 0.150. The van der Waals surface area contributed by atoms with Crippen molar-refractivity contribution in [3.8, 4) is 5.75 Å². The van der Waals surface area contributed by atoms with Crippen molar-refractivity contribution in [1.82, 2.24) is 9.80 Å². The Balaban J connectivity index is 1.48. The fraction of sp³-hybridized carbons (Fsp3) is 0.667. The molecule has 0 radical (unpaired) electrons. The number of hydrogen-bond acceptors (Lipinski definition) is 4. The third-order valence-electron chi connectivity index (χ3n) is 5.56. The van der Waals surface area contributed by atoms with Crippen molar-refractivity contribution in [2.75, 3.05) is 39.9 Å². The van der Waals surface area contributed by atoms with Gasteiger partial charge in [-0.1, -0.05) is 0 Å². The van der Waals surface area contributed by atoms with Crippen molar-refractivity contribution in [2.24, 2.45) is 0 Å². The van der Waals surface area contributed by atoms with Gasteiger partial charge in [-0.25, -0.2) is 0 Å². The van der Waals surface area contributed by atoms with Crippen LogP contribution in [0.4, 0.5) is 0 Å². The highest BCUT2D eigenvalue weighted by Gasteiger charge is 2.24. The summed E-state index contributed by atoms with van der Waals surface area (Å²) in [5.74, 6) is 1.01. The molecule has 0 bridgehead atoms. The standard InChI is InChI=1S/C21H32N2O3/c1-17(16-25-2)22-14-10-20(11-15-22)26-19-8-6-18(7-9-19)21(24)23-12-4-3-5-13-23/h6-9,17,20H,3-5,10-16H2,1-2H3. The van der Waals surface area contributed by atoms with Crippen molar-refractivity contribution < 1.29 is 14.3 Å². The summed E-state index contributed by atoms with van der Waals surface area (Å²) < 4.78 is 11.4. The Morgan fingerprint density at radius 1 is 1.08 bits per heavy atom. The molecule has 5 heteroatoms. The molecular formula is C21H32N2O3. The maximum atomic E-state index is 12.5. The number of carbonyl (C=O) groups is 1. The lowest BCUT2D eigenvalue weighted by Gasteiger charge is -2.35. The van der Waals surface area contributed by atoms with Gasteiger partial charge in [-0.15, -0.1) is 0 Å². The maximum absolute atomic E-state index is 12.5. The van der Waals surface area contributed by atoms with E-state index >= 15 is 0 Å². The average Bonchev–Trinajstić information content (AvgIpc) is 2.69. The summed E-state index contributed by atoms with van der Waals surface area (Å²) in [6.07, 6.45) is 5.79. The highest BCUT2D eigenvalue weighted by atomic mass is 16.5. The summed E-state index contributed by atoms with van der Waals surface area (Å²) >= 11 is 0. The Bertz CT molecular complexity index is 561. The van der Waals surface area contributed by atoms with E-state index < -0.39 is 0 Å². The third-order valence-corrected chi connectivity index (χ3v) is 5.56. The molecule has 1 unspecified atom stereocenters. The molecule has 0 saturated carbocycles. The number of amides is 1. The zero-order valence-electron chi connectivity index (χ0n) is 16.2. The van der Waals surface area contributed by atoms with Gasteiger partial charge in [0.1, 0.15) is 11.9 Å². The number of carbonyl (C=O) groups excluding carboxylic acids is 1. The van der Waals surface area contributed by atoms with E-state index in [2.05, 4.69) is 11.8 Å². The Labute approximate surface area is 157 Å². The van der Waals surface area contributed by atoms with Crippen LogP contribution < -0.4 is 4.74 Å². The molecule has 2 heterocycles. The lowest BCUT2D eigenvalue weighted by molar-refractivity contribution is 0.0475. The molecule has 1 aromatic rings. The molecule has 1 aromatic carbocycles. The molecule has 0 spiro atoms. The molecule has 2 fully saturated rings. The minimum atomic E-state index is 0.150. The molecule has 26 heavy (non-hydrogen) atoms. The Morgan fingerprint density at radius 2 is 1.73 bits per heavy atom. The number of benzene rings is 1. The summed E-state index contributed by atoms with van der Waals surface area (Å²) in [7, 11) is 1.76. The first-order chi connectivity index (χ1) is 12.7. The molecule has 1 atom stereocenters. The molecule has 0 aliphatic carbocycles. The van der Waals surface area contributed by atoms with Gasteiger partial charge >= 0.3 is 0 Å². The number of nitrogens with zero attached hydrogens (tertiary/aromatic N) is 2. The zero-order valence-corrected chi connectivity index (χ0v) is 16.2. The summed E-state index contributed by atoms with van der Waals surface area (Å²) in [5, 5.41) is 0. The lowest BCUT2D eigenvalue weighted by Crippen LogP contribution is -2.44. The van der Waals surface area contributed by atoms with Crippen LogP contribution in [-0.4, -0.2) is 67.7 Å². The summed E-state index contributed by atoms with van der Waals surface area (Å²) in [4.78, 5) is 17.0. The van der Waals surface area contributed by atoms with E-state index in [-0.39, 0.29) is 12.0 Å². The lowest BCUT2D eigenvalue weighted by atomic mass is 10.1. The number of ether oxygens (including phenoxy) is 2. The average molecular weight is 360 g/mol. The van der Waals surface area contributed by atoms with Gasteiger partial charge < -0.3 is 14.4 Å².